The van der Waals surface area contributed by atoms with E-state index in [1.165, 1.54) is 0 Å². The molecule has 108 valence electrons. The van der Waals surface area contributed by atoms with Crippen LogP contribution in [-0.4, -0.2) is 25.8 Å². The number of carbonyl (C=O) groups excluding carboxylic acids is 1. The van der Waals surface area contributed by atoms with Gasteiger partial charge in [0.25, 0.3) is 0 Å². The highest BCUT2D eigenvalue weighted by molar-refractivity contribution is 5.67. The smallest absolute Gasteiger partial charge is 0.372 e. The maximum Gasteiger partial charge on any atom is 0.372 e. The van der Waals surface area contributed by atoms with Gasteiger partial charge in [0.05, 0.1) is 19.8 Å². The Bertz CT molecular complexity index is 374. The molecule has 1 aromatic heterocycles. The van der Waals surface area contributed by atoms with Gasteiger partial charge >= 0.3 is 5.97 Å². The Morgan fingerprint density at radius 2 is 1.58 bits per heavy atom. The van der Waals surface area contributed by atoms with Crippen LogP contribution in [0.4, 0.5) is 0 Å². The fourth-order valence-corrected chi connectivity index (χ4v) is 1.52. The summed E-state index contributed by atoms with van der Waals surface area (Å²) >= 11 is 0. The van der Waals surface area contributed by atoms with E-state index in [0.29, 0.717) is 31.3 Å². The van der Waals surface area contributed by atoms with Crippen LogP contribution in [0.1, 0.15) is 20.8 Å². The number of rotatable bonds is 7. The van der Waals surface area contributed by atoms with Gasteiger partial charge in [0, 0.05) is 6.07 Å². The summed E-state index contributed by atoms with van der Waals surface area (Å²) in [7, 11) is 0. The first-order valence-corrected chi connectivity index (χ1v) is 6.14. The van der Waals surface area contributed by atoms with Crippen molar-refractivity contribution in [2.45, 2.75) is 27.3 Å². The maximum atomic E-state index is 11.4. The molecule has 0 aliphatic carbocycles. The minimum Gasteiger partial charge on any atom is -1.00 e. The fraction of sp³-hybridized carbons (Fsp3) is 0.538. The van der Waals surface area contributed by atoms with Crippen molar-refractivity contribution in [1.29, 1.82) is 0 Å². The molecule has 1 heterocycles. The molecule has 0 bridgehead atoms. The van der Waals surface area contributed by atoms with E-state index < -0.39 is 0 Å². The number of nitrogens with zero attached hydrogens (tertiary/aromatic N) is 1. The van der Waals surface area contributed by atoms with E-state index in [-0.39, 0.29) is 24.9 Å². The SMILES string of the molecule is CCOC(=O)C[n+]1cc(OCC)cc(OCC)c1.[Cl-]. The summed E-state index contributed by atoms with van der Waals surface area (Å²) in [5.74, 6) is 1.07. The molecule has 0 atom stereocenters. The van der Waals surface area contributed by atoms with Crippen molar-refractivity contribution in [3.63, 3.8) is 0 Å². The molecule has 0 aliphatic heterocycles. The maximum absolute atomic E-state index is 11.4. The average molecular weight is 290 g/mol. The summed E-state index contributed by atoms with van der Waals surface area (Å²) in [5.41, 5.74) is 0. The van der Waals surface area contributed by atoms with Crippen molar-refractivity contribution in [2.75, 3.05) is 19.8 Å². The first-order valence-electron chi connectivity index (χ1n) is 6.14. The molecule has 5 nitrogen and oxygen atoms in total. The number of esters is 1. The normalized spacial score (nSPS) is 9.42. The lowest BCUT2D eigenvalue weighted by Gasteiger charge is -2.06. The van der Waals surface area contributed by atoms with E-state index >= 15 is 0 Å². The lowest BCUT2D eigenvalue weighted by atomic mass is 10.4. The summed E-state index contributed by atoms with van der Waals surface area (Å²) < 4.78 is 17.5. The van der Waals surface area contributed by atoms with Gasteiger partial charge < -0.3 is 26.6 Å². The molecule has 1 rings (SSSR count). The second kappa shape index (κ2) is 9.44. The van der Waals surface area contributed by atoms with Crippen molar-refractivity contribution < 1.29 is 36.0 Å². The van der Waals surface area contributed by atoms with Gasteiger partial charge in [-0.25, -0.2) is 4.79 Å². The molecule has 0 radical (unpaired) electrons. The second-order valence-corrected chi connectivity index (χ2v) is 3.55. The Hall–Kier alpha value is -1.49. The van der Waals surface area contributed by atoms with Gasteiger partial charge in [-0.05, 0) is 20.8 Å². The van der Waals surface area contributed by atoms with Gasteiger partial charge in [-0.3, -0.25) is 0 Å². The molecule has 0 spiro atoms. The molecule has 0 unspecified atom stereocenters. The van der Waals surface area contributed by atoms with E-state index in [9.17, 15) is 4.79 Å². The van der Waals surface area contributed by atoms with Gasteiger partial charge in [-0.1, -0.05) is 0 Å². The summed E-state index contributed by atoms with van der Waals surface area (Å²) in [5, 5.41) is 0. The van der Waals surface area contributed by atoms with E-state index in [1.54, 1.807) is 30.0 Å². The predicted molar refractivity (Wildman–Crippen MR) is 65.6 cm³/mol. The number of hydrogen-bond acceptors (Lipinski definition) is 4. The molecule has 0 fully saturated rings. The highest BCUT2D eigenvalue weighted by Gasteiger charge is 2.14. The zero-order valence-electron chi connectivity index (χ0n) is 11.5. The third-order valence-electron chi connectivity index (χ3n) is 2.11. The summed E-state index contributed by atoms with van der Waals surface area (Å²) in [4.78, 5) is 11.4. The fourth-order valence-electron chi connectivity index (χ4n) is 1.52. The van der Waals surface area contributed by atoms with E-state index in [0.717, 1.165) is 0 Å². The molecular formula is C13H20ClNO4. The van der Waals surface area contributed by atoms with Crippen LogP contribution in [0.5, 0.6) is 11.5 Å². The number of ether oxygens (including phenoxy) is 3. The molecule has 0 aromatic carbocycles. The first kappa shape index (κ1) is 17.5. The molecule has 0 N–H and O–H groups in total. The van der Waals surface area contributed by atoms with Crippen LogP contribution in [0, 0.1) is 0 Å². The number of carbonyl (C=O) groups is 1. The van der Waals surface area contributed by atoms with Crippen LogP contribution in [0.3, 0.4) is 0 Å². The van der Waals surface area contributed by atoms with E-state index in [1.807, 2.05) is 13.8 Å². The summed E-state index contributed by atoms with van der Waals surface area (Å²) in [6, 6.07) is 1.80. The molecule has 6 heteroatoms. The number of aromatic nitrogens is 1. The lowest BCUT2D eigenvalue weighted by molar-refractivity contribution is -0.686. The Morgan fingerprint density at radius 1 is 1.05 bits per heavy atom. The zero-order valence-corrected chi connectivity index (χ0v) is 12.3. The van der Waals surface area contributed by atoms with Crippen molar-refractivity contribution in [3.05, 3.63) is 18.5 Å². The monoisotopic (exact) mass is 289 g/mol. The summed E-state index contributed by atoms with van der Waals surface area (Å²) in [6.07, 6.45) is 3.51. The Kier molecular flexibility index (Phi) is 8.70. The standard InChI is InChI=1S/C13H20NO4.ClH/c1-4-16-11-7-12(17-5-2)9-14(8-11)10-13(15)18-6-3;/h7-9H,4-6,10H2,1-3H3;1H/q+1;/p-1. The van der Waals surface area contributed by atoms with Gasteiger partial charge in [-0.15, -0.1) is 0 Å². The minimum atomic E-state index is -0.279. The van der Waals surface area contributed by atoms with Crippen molar-refractivity contribution >= 4 is 5.97 Å². The van der Waals surface area contributed by atoms with E-state index in [4.69, 9.17) is 14.2 Å². The highest BCUT2D eigenvalue weighted by atomic mass is 35.5. The Morgan fingerprint density at radius 3 is 2.00 bits per heavy atom. The second-order valence-electron chi connectivity index (χ2n) is 3.55. The molecule has 1 aromatic rings. The molecule has 0 saturated carbocycles. The minimum absolute atomic E-state index is 0. The van der Waals surface area contributed by atoms with Crippen LogP contribution < -0.4 is 26.4 Å². The topological polar surface area (TPSA) is 48.6 Å². The first-order chi connectivity index (χ1) is 8.69. The predicted octanol–water partition coefficient (Wildman–Crippen LogP) is -1.66. The van der Waals surface area contributed by atoms with E-state index in [2.05, 4.69) is 0 Å². The van der Waals surface area contributed by atoms with Crippen LogP contribution in [0.25, 0.3) is 0 Å². The van der Waals surface area contributed by atoms with Gasteiger partial charge in [0.15, 0.2) is 11.5 Å². The van der Waals surface area contributed by atoms with Gasteiger partial charge in [-0.2, -0.15) is 4.57 Å². The van der Waals surface area contributed by atoms with Gasteiger partial charge in [0.2, 0.25) is 18.9 Å². The molecule has 0 amide bonds. The number of hydrogen-bond donors (Lipinski definition) is 0. The van der Waals surface area contributed by atoms with Gasteiger partial charge in [0.1, 0.15) is 0 Å². The largest absolute Gasteiger partial charge is 1.00 e. The van der Waals surface area contributed by atoms with Crippen molar-refractivity contribution in [3.8, 4) is 11.5 Å². The molecular weight excluding hydrogens is 270 g/mol. The highest BCUT2D eigenvalue weighted by Crippen LogP contribution is 2.16. The Balaban J connectivity index is 0.00000324. The molecule has 0 aliphatic rings. The average Bonchev–Trinajstić information content (AvgIpc) is 2.29. The third-order valence-corrected chi connectivity index (χ3v) is 2.11. The van der Waals surface area contributed by atoms with Crippen LogP contribution in [0.15, 0.2) is 18.5 Å². The van der Waals surface area contributed by atoms with Crippen LogP contribution in [0.2, 0.25) is 0 Å². The van der Waals surface area contributed by atoms with Crippen molar-refractivity contribution in [2.24, 2.45) is 0 Å². The third kappa shape index (κ3) is 6.29. The number of pyridine rings is 1. The van der Waals surface area contributed by atoms with Crippen molar-refractivity contribution in [1.82, 2.24) is 0 Å². The number of halogens is 1. The van der Waals surface area contributed by atoms with Crippen LogP contribution >= 0.6 is 0 Å². The van der Waals surface area contributed by atoms with Crippen LogP contribution in [-0.2, 0) is 16.1 Å². The summed E-state index contributed by atoms with van der Waals surface area (Å²) in [6.45, 7) is 7.25. The molecule has 0 saturated heterocycles. The quantitative estimate of drug-likeness (QED) is 0.445. The lowest BCUT2D eigenvalue weighted by Crippen LogP contribution is -3.00. The molecule has 19 heavy (non-hydrogen) atoms. The Labute approximate surface area is 119 Å². The zero-order chi connectivity index (χ0) is 13.4.